The van der Waals surface area contributed by atoms with Crippen molar-refractivity contribution in [3.8, 4) is 11.3 Å². The number of hydrogen-bond donors (Lipinski definition) is 4. The number of nitrogens with zero attached hydrogens (tertiary/aromatic N) is 1. The Hall–Kier alpha value is -2.96. The van der Waals surface area contributed by atoms with Gasteiger partial charge in [-0.15, -0.1) is 0 Å². The van der Waals surface area contributed by atoms with E-state index in [9.17, 15) is 9.59 Å². The molecule has 23 heavy (non-hydrogen) atoms. The Labute approximate surface area is 133 Å². The zero-order valence-electron chi connectivity index (χ0n) is 12.6. The number of nitrogens with two attached hydrogens (primary N) is 2. The van der Waals surface area contributed by atoms with Gasteiger partial charge in [0.1, 0.15) is 5.82 Å². The predicted molar refractivity (Wildman–Crippen MR) is 89.4 cm³/mol. The first kappa shape index (κ1) is 15.0. The standard InChI is InChI=1S/C16H19N5O2/c17-14(22)12-9-13(19-15(12)20-16(18)23)10-3-5-11(6-4-10)21-7-1-2-8-21/h3-6,9,19H,1-2,7-8H2,(H2,17,22)(H3,18,20,23). The van der Waals surface area contributed by atoms with Gasteiger partial charge in [-0.3, -0.25) is 10.1 Å². The number of nitrogens with one attached hydrogen (secondary N) is 2. The lowest BCUT2D eigenvalue weighted by atomic mass is 10.1. The zero-order valence-corrected chi connectivity index (χ0v) is 12.6. The summed E-state index contributed by atoms with van der Waals surface area (Å²) in [4.78, 5) is 27.8. The highest BCUT2D eigenvalue weighted by Crippen LogP contribution is 2.28. The summed E-state index contributed by atoms with van der Waals surface area (Å²) < 4.78 is 0. The average molecular weight is 313 g/mol. The first-order chi connectivity index (χ1) is 11.0. The number of aromatic amines is 1. The molecule has 1 aliphatic heterocycles. The van der Waals surface area contributed by atoms with E-state index in [1.807, 2.05) is 24.3 Å². The molecule has 1 aliphatic rings. The van der Waals surface area contributed by atoms with Crippen molar-refractivity contribution in [1.82, 2.24) is 4.98 Å². The number of carbonyl (C=O) groups is 2. The summed E-state index contributed by atoms with van der Waals surface area (Å²) >= 11 is 0. The molecular weight excluding hydrogens is 294 g/mol. The molecule has 3 rings (SSSR count). The second-order valence-corrected chi connectivity index (χ2v) is 5.57. The van der Waals surface area contributed by atoms with E-state index >= 15 is 0 Å². The Morgan fingerprint density at radius 1 is 1.09 bits per heavy atom. The maximum absolute atomic E-state index is 11.5. The maximum atomic E-state index is 11.5. The van der Waals surface area contributed by atoms with Crippen LogP contribution in [-0.2, 0) is 0 Å². The number of benzene rings is 1. The van der Waals surface area contributed by atoms with Gasteiger partial charge in [0, 0.05) is 24.5 Å². The molecule has 0 spiro atoms. The third-order valence-electron chi connectivity index (χ3n) is 3.98. The van der Waals surface area contributed by atoms with Gasteiger partial charge >= 0.3 is 6.03 Å². The Bertz CT molecular complexity index is 729. The van der Waals surface area contributed by atoms with E-state index in [1.165, 1.54) is 18.5 Å². The van der Waals surface area contributed by atoms with Crippen LogP contribution in [0.4, 0.5) is 16.3 Å². The normalized spacial score (nSPS) is 14.0. The number of carbonyl (C=O) groups excluding carboxylic acids is 2. The monoisotopic (exact) mass is 313 g/mol. The average Bonchev–Trinajstić information content (AvgIpc) is 3.16. The van der Waals surface area contributed by atoms with Gasteiger partial charge in [0.25, 0.3) is 5.91 Å². The van der Waals surface area contributed by atoms with Crippen molar-refractivity contribution in [2.45, 2.75) is 12.8 Å². The fourth-order valence-electron chi connectivity index (χ4n) is 2.85. The molecule has 0 bridgehead atoms. The van der Waals surface area contributed by atoms with E-state index in [4.69, 9.17) is 11.5 Å². The van der Waals surface area contributed by atoms with E-state index in [0.717, 1.165) is 18.7 Å². The lowest BCUT2D eigenvalue weighted by Crippen LogP contribution is -2.22. The number of aromatic nitrogens is 1. The second-order valence-electron chi connectivity index (χ2n) is 5.57. The summed E-state index contributed by atoms with van der Waals surface area (Å²) in [5.74, 6) is -0.423. The number of H-pyrrole nitrogens is 1. The Kier molecular flexibility index (Phi) is 3.92. The van der Waals surface area contributed by atoms with Crippen molar-refractivity contribution in [2.75, 3.05) is 23.3 Å². The number of anilines is 2. The van der Waals surface area contributed by atoms with Crippen molar-refractivity contribution < 1.29 is 9.59 Å². The molecule has 1 aromatic heterocycles. The van der Waals surface area contributed by atoms with Crippen LogP contribution in [0.25, 0.3) is 11.3 Å². The Morgan fingerprint density at radius 3 is 2.30 bits per heavy atom. The third kappa shape index (κ3) is 3.13. The highest BCUT2D eigenvalue weighted by molar-refractivity contribution is 6.03. The van der Waals surface area contributed by atoms with Crippen LogP contribution in [0.1, 0.15) is 23.2 Å². The molecule has 0 atom stereocenters. The van der Waals surface area contributed by atoms with E-state index in [0.29, 0.717) is 5.69 Å². The van der Waals surface area contributed by atoms with Gasteiger partial charge in [-0.25, -0.2) is 4.79 Å². The number of urea groups is 1. The molecule has 120 valence electrons. The van der Waals surface area contributed by atoms with Crippen molar-refractivity contribution in [3.05, 3.63) is 35.9 Å². The molecule has 1 saturated heterocycles. The molecule has 0 saturated carbocycles. The molecule has 1 aromatic carbocycles. The molecule has 3 amide bonds. The summed E-state index contributed by atoms with van der Waals surface area (Å²) in [6.45, 7) is 2.17. The van der Waals surface area contributed by atoms with E-state index in [1.54, 1.807) is 6.07 Å². The Balaban J connectivity index is 1.88. The summed E-state index contributed by atoms with van der Waals surface area (Å²) in [7, 11) is 0. The van der Waals surface area contributed by atoms with Gasteiger partial charge in [0.15, 0.2) is 0 Å². The lowest BCUT2D eigenvalue weighted by molar-refractivity contribution is 0.100. The van der Waals surface area contributed by atoms with Gasteiger partial charge in [-0.2, -0.15) is 0 Å². The summed E-state index contributed by atoms with van der Waals surface area (Å²) in [6.07, 6.45) is 2.45. The van der Waals surface area contributed by atoms with Crippen molar-refractivity contribution in [2.24, 2.45) is 11.5 Å². The molecular formula is C16H19N5O2. The van der Waals surface area contributed by atoms with Crippen molar-refractivity contribution >= 4 is 23.4 Å². The summed E-state index contributed by atoms with van der Waals surface area (Å²) in [5.41, 5.74) is 13.4. The molecule has 0 unspecified atom stereocenters. The maximum Gasteiger partial charge on any atom is 0.317 e. The molecule has 0 aliphatic carbocycles. The van der Waals surface area contributed by atoms with Crippen LogP contribution in [0.15, 0.2) is 30.3 Å². The Morgan fingerprint density at radius 2 is 1.74 bits per heavy atom. The lowest BCUT2D eigenvalue weighted by Gasteiger charge is -2.17. The quantitative estimate of drug-likeness (QED) is 0.690. The first-order valence-electron chi connectivity index (χ1n) is 7.49. The van der Waals surface area contributed by atoms with Crippen LogP contribution >= 0.6 is 0 Å². The van der Waals surface area contributed by atoms with Crippen molar-refractivity contribution in [1.29, 1.82) is 0 Å². The smallest absolute Gasteiger partial charge is 0.317 e. The number of amides is 3. The van der Waals surface area contributed by atoms with E-state index in [-0.39, 0.29) is 11.4 Å². The largest absolute Gasteiger partial charge is 0.372 e. The minimum absolute atomic E-state index is 0.197. The predicted octanol–water partition coefficient (Wildman–Crippen LogP) is 1.87. The van der Waals surface area contributed by atoms with Gasteiger partial charge in [0.05, 0.1) is 5.56 Å². The van der Waals surface area contributed by atoms with Crippen LogP contribution in [0.3, 0.4) is 0 Å². The highest BCUT2D eigenvalue weighted by Gasteiger charge is 2.16. The van der Waals surface area contributed by atoms with Crippen LogP contribution in [0, 0.1) is 0 Å². The number of hydrogen-bond acceptors (Lipinski definition) is 3. The fourth-order valence-corrected chi connectivity index (χ4v) is 2.85. The van der Waals surface area contributed by atoms with Gasteiger partial charge in [-0.05, 0) is 36.6 Å². The third-order valence-corrected chi connectivity index (χ3v) is 3.98. The molecule has 2 aromatic rings. The van der Waals surface area contributed by atoms with Crippen LogP contribution in [0.5, 0.6) is 0 Å². The molecule has 7 heteroatoms. The minimum atomic E-state index is -0.759. The topological polar surface area (TPSA) is 117 Å². The highest BCUT2D eigenvalue weighted by atomic mass is 16.2. The number of rotatable bonds is 4. The summed E-state index contributed by atoms with van der Waals surface area (Å²) in [5, 5.41) is 2.38. The number of primary amides is 2. The molecule has 2 heterocycles. The SMILES string of the molecule is NC(=O)Nc1[nH]c(-c2ccc(N3CCCC3)cc2)cc1C(N)=O. The first-order valence-corrected chi connectivity index (χ1v) is 7.49. The van der Waals surface area contributed by atoms with Gasteiger partial charge in [0.2, 0.25) is 0 Å². The zero-order chi connectivity index (χ0) is 16.4. The van der Waals surface area contributed by atoms with Crippen LogP contribution < -0.4 is 21.7 Å². The summed E-state index contributed by atoms with van der Waals surface area (Å²) in [6, 6.07) is 8.89. The second kappa shape index (κ2) is 6.04. The molecule has 7 nitrogen and oxygen atoms in total. The van der Waals surface area contributed by atoms with Crippen LogP contribution in [0.2, 0.25) is 0 Å². The van der Waals surface area contributed by atoms with Crippen molar-refractivity contribution in [3.63, 3.8) is 0 Å². The van der Waals surface area contributed by atoms with E-state index < -0.39 is 11.9 Å². The fraction of sp³-hybridized carbons (Fsp3) is 0.250. The molecule has 0 radical (unpaired) electrons. The molecule has 1 fully saturated rings. The molecule has 6 N–H and O–H groups in total. The van der Waals surface area contributed by atoms with Gasteiger partial charge in [-0.1, -0.05) is 12.1 Å². The van der Waals surface area contributed by atoms with Gasteiger partial charge < -0.3 is 21.4 Å². The minimum Gasteiger partial charge on any atom is -0.372 e. The van der Waals surface area contributed by atoms with E-state index in [2.05, 4.69) is 15.2 Å². The van der Waals surface area contributed by atoms with Crippen LogP contribution in [-0.4, -0.2) is 30.0 Å².